The van der Waals surface area contributed by atoms with Crippen LogP contribution in [-0.4, -0.2) is 9.38 Å². The molecule has 3 heteroatoms. The van der Waals surface area contributed by atoms with Gasteiger partial charge in [-0.05, 0) is 25.5 Å². The van der Waals surface area contributed by atoms with E-state index in [1.807, 2.05) is 30.8 Å². The molecule has 2 rings (SSSR count). The van der Waals surface area contributed by atoms with Gasteiger partial charge in [-0.2, -0.15) is 0 Å². The second kappa shape index (κ2) is 2.85. The first kappa shape index (κ1) is 8.26. The van der Waals surface area contributed by atoms with E-state index in [9.17, 15) is 0 Å². The van der Waals surface area contributed by atoms with Crippen molar-refractivity contribution in [2.45, 2.75) is 19.9 Å². The molecule has 0 fully saturated rings. The smallest absolute Gasteiger partial charge is 0.0995 e. The molecular formula is C10H13N3. The van der Waals surface area contributed by atoms with Crippen LogP contribution in [0.4, 0.5) is 0 Å². The fourth-order valence-electron chi connectivity index (χ4n) is 1.42. The summed E-state index contributed by atoms with van der Waals surface area (Å²) < 4.78 is 2.01. The lowest BCUT2D eigenvalue weighted by Gasteiger charge is -2.05. The van der Waals surface area contributed by atoms with Crippen LogP contribution in [-0.2, 0) is 0 Å². The summed E-state index contributed by atoms with van der Waals surface area (Å²) in [5, 5.41) is 0. The zero-order valence-corrected chi connectivity index (χ0v) is 7.86. The first-order chi connectivity index (χ1) is 6.18. The van der Waals surface area contributed by atoms with Crippen molar-refractivity contribution >= 4 is 5.52 Å². The normalized spacial score (nSPS) is 13.5. The number of rotatable bonds is 1. The average Bonchev–Trinajstić information content (AvgIpc) is 2.47. The Hall–Kier alpha value is -1.35. The van der Waals surface area contributed by atoms with E-state index in [0.717, 1.165) is 16.8 Å². The first-order valence-corrected chi connectivity index (χ1v) is 4.37. The van der Waals surface area contributed by atoms with E-state index in [4.69, 9.17) is 5.73 Å². The molecule has 0 saturated carbocycles. The van der Waals surface area contributed by atoms with Crippen LogP contribution in [0.15, 0.2) is 24.7 Å². The second-order valence-corrected chi connectivity index (χ2v) is 3.37. The van der Waals surface area contributed by atoms with Crippen LogP contribution in [0.25, 0.3) is 5.52 Å². The van der Waals surface area contributed by atoms with Crippen LogP contribution in [0.5, 0.6) is 0 Å². The van der Waals surface area contributed by atoms with E-state index in [0.29, 0.717) is 0 Å². The van der Waals surface area contributed by atoms with Gasteiger partial charge in [0, 0.05) is 12.2 Å². The van der Waals surface area contributed by atoms with Gasteiger partial charge in [0.15, 0.2) is 0 Å². The number of nitrogens with zero attached hydrogens (tertiary/aromatic N) is 2. The third-order valence-electron chi connectivity index (χ3n) is 2.27. The van der Waals surface area contributed by atoms with Crippen molar-refractivity contribution in [2.24, 2.45) is 5.73 Å². The summed E-state index contributed by atoms with van der Waals surface area (Å²) >= 11 is 0. The molecule has 2 heterocycles. The number of aryl methyl sites for hydroxylation is 1. The topological polar surface area (TPSA) is 43.3 Å². The van der Waals surface area contributed by atoms with Crippen LogP contribution < -0.4 is 5.73 Å². The van der Waals surface area contributed by atoms with Gasteiger partial charge >= 0.3 is 0 Å². The summed E-state index contributed by atoms with van der Waals surface area (Å²) in [6.45, 7) is 3.98. The van der Waals surface area contributed by atoms with E-state index in [1.165, 1.54) is 0 Å². The quantitative estimate of drug-likeness (QED) is 0.716. The Labute approximate surface area is 77.2 Å². The molecule has 0 spiro atoms. The van der Waals surface area contributed by atoms with Gasteiger partial charge in [0.25, 0.3) is 0 Å². The van der Waals surface area contributed by atoms with Gasteiger partial charge < -0.3 is 10.1 Å². The Bertz CT molecular complexity index is 429. The lowest BCUT2D eigenvalue weighted by Crippen LogP contribution is -2.05. The zero-order chi connectivity index (χ0) is 9.42. The van der Waals surface area contributed by atoms with Gasteiger partial charge in [-0.1, -0.05) is 6.07 Å². The predicted molar refractivity (Wildman–Crippen MR) is 52.5 cm³/mol. The molecule has 0 amide bonds. The summed E-state index contributed by atoms with van der Waals surface area (Å²) in [5.74, 6) is 0. The second-order valence-electron chi connectivity index (χ2n) is 3.37. The average molecular weight is 175 g/mol. The molecule has 0 aliphatic carbocycles. The van der Waals surface area contributed by atoms with Gasteiger partial charge in [-0.3, -0.25) is 0 Å². The maximum Gasteiger partial charge on any atom is 0.0995 e. The molecule has 0 radical (unpaired) electrons. The van der Waals surface area contributed by atoms with Crippen molar-refractivity contribution < 1.29 is 0 Å². The van der Waals surface area contributed by atoms with Crippen molar-refractivity contribution in [1.82, 2.24) is 9.38 Å². The number of pyridine rings is 1. The summed E-state index contributed by atoms with van der Waals surface area (Å²) in [5.41, 5.74) is 9.10. The third kappa shape index (κ3) is 1.31. The highest BCUT2D eigenvalue weighted by Gasteiger charge is 2.02. The van der Waals surface area contributed by atoms with Crippen LogP contribution in [0.3, 0.4) is 0 Å². The lowest BCUT2D eigenvalue weighted by molar-refractivity contribution is 0.808. The van der Waals surface area contributed by atoms with Gasteiger partial charge in [0.05, 0.1) is 17.5 Å². The van der Waals surface area contributed by atoms with Gasteiger partial charge in [0.2, 0.25) is 0 Å². The Morgan fingerprint density at radius 3 is 2.92 bits per heavy atom. The largest absolute Gasteiger partial charge is 0.324 e. The van der Waals surface area contributed by atoms with Gasteiger partial charge in [0.1, 0.15) is 0 Å². The lowest BCUT2D eigenvalue weighted by atomic mass is 10.1. The molecule has 2 aromatic rings. The zero-order valence-electron chi connectivity index (χ0n) is 7.86. The van der Waals surface area contributed by atoms with E-state index in [1.54, 1.807) is 0 Å². The summed E-state index contributed by atoms with van der Waals surface area (Å²) in [7, 11) is 0. The molecule has 0 bridgehead atoms. The number of aromatic nitrogens is 2. The summed E-state index contributed by atoms with van der Waals surface area (Å²) in [6, 6.07) is 4.18. The fraction of sp³-hybridized carbons (Fsp3) is 0.300. The molecule has 0 aromatic carbocycles. The molecule has 13 heavy (non-hydrogen) atoms. The van der Waals surface area contributed by atoms with Gasteiger partial charge in [-0.25, -0.2) is 4.98 Å². The summed E-state index contributed by atoms with van der Waals surface area (Å²) in [4.78, 5) is 4.22. The Balaban J connectivity index is 2.63. The number of imidazole rings is 1. The molecule has 0 aliphatic rings. The number of fused-ring (bicyclic) bond motifs is 1. The van der Waals surface area contributed by atoms with Crippen molar-refractivity contribution in [1.29, 1.82) is 0 Å². The Morgan fingerprint density at radius 1 is 1.46 bits per heavy atom. The minimum atomic E-state index is 0.0760. The van der Waals surface area contributed by atoms with Crippen LogP contribution in [0.2, 0.25) is 0 Å². The van der Waals surface area contributed by atoms with Crippen molar-refractivity contribution in [3.05, 3.63) is 35.9 Å². The number of hydrogen-bond acceptors (Lipinski definition) is 2. The molecular weight excluding hydrogens is 162 g/mol. The highest BCUT2D eigenvalue weighted by Crippen LogP contribution is 2.13. The monoisotopic (exact) mass is 175 g/mol. The minimum absolute atomic E-state index is 0.0760. The Kier molecular flexibility index (Phi) is 1.81. The predicted octanol–water partition coefficient (Wildman–Crippen LogP) is 1.66. The fourth-order valence-corrected chi connectivity index (χ4v) is 1.42. The van der Waals surface area contributed by atoms with Gasteiger partial charge in [-0.15, -0.1) is 0 Å². The first-order valence-electron chi connectivity index (χ1n) is 4.37. The van der Waals surface area contributed by atoms with E-state index in [2.05, 4.69) is 17.1 Å². The van der Waals surface area contributed by atoms with E-state index in [-0.39, 0.29) is 6.04 Å². The molecule has 0 saturated heterocycles. The molecule has 1 unspecified atom stereocenters. The molecule has 2 aromatic heterocycles. The molecule has 68 valence electrons. The van der Waals surface area contributed by atoms with E-state index < -0.39 is 0 Å². The van der Waals surface area contributed by atoms with Crippen LogP contribution >= 0.6 is 0 Å². The summed E-state index contributed by atoms with van der Waals surface area (Å²) in [6.07, 6.45) is 3.84. The highest BCUT2D eigenvalue weighted by molar-refractivity contribution is 5.52. The molecule has 1 atom stereocenters. The maximum absolute atomic E-state index is 5.78. The standard InChI is InChI=1S/C10H13N3/c1-7(11)9-3-4-10-8(2)12-6-13(10)5-9/h3-7H,11H2,1-2H3. The third-order valence-corrected chi connectivity index (χ3v) is 2.27. The van der Waals surface area contributed by atoms with Crippen molar-refractivity contribution in [3.8, 4) is 0 Å². The maximum atomic E-state index is 5.78. The van der Waals surface area contributed by atoms with Crippen molar-refractivity contribution in [2.75, 3.05) is 0 Å². The number of hydrogen-bond donors (Lipinski definition) is 1. The minimum Gasteiger partial charge on any atom is -0.324 e. The van der Waals surface area contributed by atoms with Crippen LogP contribution in [0.1, 0.15) is 24.2 Å². The molecule has 3 nitrogen and oxygen atoms in total. The Morgan fingerprint density at radius 2 is 2.23 bits per heavy atom. The SMILES string of the molecule is Cc1ncn2cc(C(C)N)ccc12. The molecule has 0 aliphatic heterocycles. The van der Waals surface area contributed by atoms with E-state index >= 15 is 0 Å². The highest BCUT2D eigenvalue weighted by atomic mass is 15.0. The van der Waals surface area contributed by atoms with Crippen molar-refractivity contribution in [3.63, 3.8) is 0 Å². The molecule has 2 N–H and O–H groups in total. The van der Waals surface area contributed by atoms with Crippen LogP contribution in [0, 0.1) is 6.92 Å². The number of nitrogens with two attached hydrogens (primary N) is 1.